The number of amides is 1. The molecule has 2 saturated heterocycles. The molecule has 0 radical (unpaired) electrons. The topological polar surface area (TPSA) is 64.3 Å². The summed E-state index contributed by atoms with van der Waals surface area (Å²) in [5.74, 6) is 0.954. The van der Waals surface area contributed by atoms with E-state index in [2.05, 4.69) is 32.0 Å². The highest BCUT2D eigenvalue weighted by Gasteiger charge is 2.38. The third kappa shape index (κ3) is 4.63. The van der Waals surface area contributed by atoms with Crippen molar-refractivity contribution >= 4 is 30.7 Å². The molecule has 6 nitrogen and oxygen atoms in total. The van der Waals surface area contributed by atoms with Gasteiger partial charge in [0.05, 0.1) is 12.0 Å². The number of H-pyrrole nitrogens is 1. The second-order valence-corrected chi connectivity index (χ2v) is 6.55. The minimum Gasteiger partial charge on any atom is -0.348 e. The third-order valence-electron chi connectivity index (χ3n) is 5.14. The van der Waals surface area contributed by atoms with Crippen molar-refractivity contribution in [3.8, 4) is 0 Å². The predicted molar refractivity (Wildman–Crippen MR) is 99.9 cm³/mol. The van der Waals surface area contributed by atoms with Crippen molar-refractivity contribution in [2.45, 2.75) is 38.8 Å². The summed E-state index contributed by atoms with van der Waals surface area (Å²) in [4.78, 5) is 24.4. The number of aryl methyl sites for hydroxylation is 1. The molecule has 2 atom stereocenters. The number of nitrogens with zero attached hydrogens (tertiary/aromatic N) is 3. The van der Waals surface area contributed by atoms with Gasteiger partial charge in [0.1, 0.15) is 0 Å². The van der Waals surface area contributed by atoms with Gasteiger partial charge in [0.2, 0.25) is 5.91 Å². The number of piperidine rings is 2. The van der Waals surface area contributed by atoms with Gasteiger partial charge in [0, 0.05) is 50.9 Å². The molecule has 8 heteroatoms. The van der Waals surface area contributed by atoms with Gasteiger partial charge in [-0.25, -0.2) is 4.98 Å². The van der Waals surface area contributed by atoms with Crippen LogP contribution in [0, 0.1) is 12.8 Å². The lowest BCUT2D eigenvalue weighted by molar-refractivity contribution is -0.141. The van der Waals surface area contributed by atoms with E-state index in [0.717, 1.165) is 57.0 Å². The molecule has 138 valence electrons. The number of fused-ring (bicyclic) bond motifs is 1. The smallest absolute Gasteiger partial charge is 0.222 e. The number of hydrogen-bond donors (Lipinski definition) is 2. The van der Waals surface area contributed by atoms with Crippen LogP contribution in [0.3, 0.4) is 0 Å². The Balaban J connectivity index is 0.00000144. The van der Waals surface area contributed by atoms with E-state index in [1.165, 1.54) is 0 Å². The molecule has 0 aromatic carbocycles. The molecule has 0 unspecified atom stereocenters. The molecule has 2 aliphatic rings. The molecule has 2 aliphatic heterocycles. The first kappa shape index (κ1) is 21.2. The Labute approximate surface area is 156 Å². The van der Waals surface area contributed by atoms with Crippen molar-refractivity contribution in [3.05, 3.63) is 17.7 Å². The van der Waals surface area contributed by atoms with Crippen LogP contribution in [0.1, 0.15) is 30.7 Å². The Morgan fingerprint density at radius 3 is 2.83 bits per heavy atom. The first-order valence-corrected chi connectivity index (χ1v) is 8.34. The monoisotopic (exact) mass is 377 g/mol. The molecule has 3 heterocycles. The SMILES string of the molecule is CNCCN1C(=O)CC[C@H]2CN(Cc3nc[nH]c3C)CC[C@H]21.Cl.Cl. The van der Waals surface area contributed by atoms with Gasteiger partial charge in [-0.05, 0) is 32.7 Å². The largest absolute Gasteiger partial charge is 0.348 e. The highest BCUT2D eigenvalue weighted by atomic mass is 35.5. The second-order valence-electron chi connectivity index (χ2n) is 6.55. The second kappa shape index (κ2) is 9.61. The van der Waals surface area contributed by atoms with Crippen molar-refractivity contribution < 1.29 is 4.79 Å². The standard InChI is InChI=1S/C16H27N5O.2ClH/c1-12-14(19-11-18-12)10-20-7-5-15-13(9-20)3-4-16(22)21(15)8-6-17-2;;/h11,13,15,17H,3-10H2,1-2H3,(H,18,19);2*1H/t13-,15+;;/m0../s1. The molecule has 1 amide bonds. The van der Waals surface area contributed by atoms with Crippen molar-refractivity contribution in [2.24, 2.45) is 5.92 Å². The average molecular weight is 378 g/mol. The molecular weight excluding hydrogens is 349 g/mol. The summed E-state index contributed by atoms with van der Waals surface area (Å²) in [6.45, 7) is 6.86. The summed E-state index contributed by atoms with van der Waals surface area (Å²) in [5.41, 5.74) is 2.31. The van der Waals surface area contributed by atoms with E-state index in [-0.39, 0.29) is 24.8 Å². The maximum atomic E-state index is 12.2. The minimum absolute atomic E-state index is 0. The number of nitrogens with one attached hydrogen (secondary N) is 2. The number of aromatic amines is 1. The number of carbonyl (C=O) groups excluding carboxylic acids is 1. The first-order valence-electron chi connectivity index (χ1n) is 8.34. The first-order chi connectivity index (χ1) is 10.7. The van der Waals surface area contributed by atoms with Gasteiger partial charge >= 0.3 is 0 Å². The van der Waals surface area contributed by atoms with Gasteiger partial charge in [-0.1, -0.05) is 0 Å². The summed E-state index contributed by atoms with van der Waals surface area (Å²) >= 11 is 0. The van der Waals surface area contributed by atoms with Crippen LogP contribution >= 0.6 is 24.8 Å². The number of rotatable bonds is 5. The van der Waals surface area contributed by atoms with E-state index in [9.17, 15) is 4.79 Å². The Morgan fingerprint density at radius 1 is 1.38 bits per heavy atom. The van der Waals surface area contributed by atoms with Crippen molar-refractivity contribution in [2.75, 3.05) is 33.2 Å². The summed E-state index contributed by atoms with van der Waals surface area (Å²) in [6, 6.07) is 0.436. The molecule has 3 rings (SSSR count). The van der Waals surface area contributed by atoms with Crippen LogP contribution in [0.5, 0.6) is 0 Å². The van der Waals surface area contributed by atoms with Crippen LogP contribution in [-0.2, 0) is 11.3 Å². The van der Waals surface area contributed by atoms with Crippen LogP contribution in [-0.4, -0.2) is 64.9 Å². The summed E-state index contributed by atoms with van der Waals surface area (Å²) in [6.07, 6.45) is 4.61. The molecule has 0 bridgehead atoms. The van der Waals surface area contributed by atoms with Crippen LogP contribution in [0.4, 0.5) is 0 Å². The van der Waals surface area contributed by atoms with Crippen molar-refractivity contribution in [1.29, 1.82) is 0 Å². The molecular formula is C16H29Cl2N5O. The summed E-state index contributed by atoms with van der Waals surface area (Å²) in [5, 5.41) is 3.16. The molecule has 2 fully saturated rings. The zero-order valence-electron chi connectivity index (χ0n) is 14.5. The van der Waals surface area contributed by atoms with Gasteiger partial charge in [0.15, 0.2) is 0 Å². The Kier molecular flexibility index (Phi) is 8.50. The summed E-state index contributed by atoms with van der Waals surface area (Å²) < 4.78 is 0. The van der Waals surface area contributed by atoms with E-state index < -0.39 is 0 Å². The maximum Gasteiger partial charge on any atom is 0.222 e. The molecule has 0 saturated carbocycles. The lowest BCUT2D eigenvalue weighted by Gasteiger charge is -2.47. The van der Waals surface area contributed by atoms with Gasteiger partial charge in [-0.3, -0.25) is 9.69 Å². The average Bonchev–Trinajstić information content (AvgIpc) is 2.91. The maximum absolute atomic E-state index is 12.2. The van der Waals surface area contributed by atoms with E-state index in [0.29, 0.717) is 24.3 Å². The number of carbonyl (C=O) groups is 1. The Bertz CT molecular complexity index is 524. The normalized spacial score (nSPS) is 24.1. The lowest BCUT2D eigenvalue weighted by atomic mass is 9.83. The fourth-order valence-corrected chi connectivity index (χ4v) is 3.85. The molecule has 1 aromatic heterocycles. The molecule has 0 spiro atoms. The zero-order chi connectivity index (χ0) is 15.5. The van der Waals surface area contributed by atoms with Gasteiger partial charge in [-0.2, -0.15) is 0 Å². The number of likely N-dealkylation sites (tertiary alicyclic amines) is 2. The highest BCUT2D eigenvalue weighted by Crippen LogP contribution is 2.31. The third-order valence-corrected chi connectivity index (χ3v) is 5.14. The minimum atomic E-state index is 0. The number of hydrogen-bond acceptors (Lipinski definition) is 4. The number of halogens is 2. The molecule has 0 aliphatic carbocycles. The van der Waals surface area contributed by atoms with Gasteiger partial charge in [-0.15, -0.1) is 24.8 Å². The van der Waals surface area contributed by atoms with Crippen molar-refractivity contribution in [1.82, 2.24) is 25.1 Å². The van der Waals surface area contributed by atoms with Crippen LogP contribution in [0.2, 0.25) is 0 Å². The van der Waals surface area contributed by atoms with Crippen LogP contribution in [0.15, 0.2) is 6.33 Å². The number of aromatic nitrogens is 2. The van der Waals surface area contributed by atoms with Crippen molar-refractivity contribution in [3.63, 3.8) is 0 Å². The van der Waals surface area contributed by atoms with Crippen LogP contribution < -0.4 is 5.32 Å². The Hall–Kier alpha value is -0.820. The van der Waals surface area contributed by atoms with Gasteiger partial charge < -0.3 is 15.2 Å². The lowest BCUT2D eigenvalue weighted by Crippen LogP contribution is -2.56. The fourth-order valence-electron chi connectivity index (χ4n) is 3.85. The number of likely N-dealkylation sites (N-methyl/N-ethyl adjacent to an activating group) is 1. The van der Waals surface area contributed by atoms with E-state index in [1.54, 1.807) is 6.33 Å². The number of imidazole rings is 1. The Morgan fingerprint density at radius 2 is 2.17 bits per heavy atom. The zero-order valence-corrected chi connectivity index (χ0v) is 16.1. The quantitative estimate of drug-likeness (QED) is 0.817. The van der Waals surface area contributed by atoms with E-state index in [4.69, 9.17) is 0 Å². The molecule has 2 N–H and O–H groups in total. The molecule has 24 heavy (non-hydrogen) atoms. The van der Waals surface area contributed by atoms with Crippen LogP contribution in [0.25, 0.3) is 0 Å². The summed E-state index contributed by atoms with van der Waals surface area (Å²) in [7, 11) is 1.95. The van der Waals surface area contributed by atoms with E-state index in [1.807, 2.05) is 7.05 Å². The molecule has 1 aromatic rings. The van der Waals surface area contributed by atoms with E-state index >= 15 is 0 Å². The predicted octanol–water partition coefficient (Wildman–Crippen LogP) is 1.59. The van der Waals surface area contributed by atoms with Gasteiger partial charge in [0.25, 0.3) is 0 Å². The highest BCUT2D eigenvalue weighted by molar-refractivity contribution is 5.85. The fraction of sp³-hybridized carbons (Fsp3) is 0.750.